The highest BCUT2D eigenvalue weighted by atomic mass is 15.4. The number of nitrogens with one attached hydrogen (secondary N) is 1. The quantitative estimate of drug-likeness (QED) is 0.169. The van der Waals surface area contributed by atoms with Gasteiger partial charge in [0, 0.05) is 6.04 Å². The smallest absolute Gasteiger partial charge is 0.154 e. The van der Waals surface area contributed by atoms with Crippen molar-refractivity contribution in [2.45, 2.75) is 66.6 Å². The molecule has 12 heteroatoms. The van der Waals surface area contributed by atoms with E-state index in [0.29, 0.717) is 11.5 Å². The van der Waals surface area contributed by atoms with Gasteiger partial charge in [-0.25, -0.2) is 0 Å². The van der Waals surface area contributed by atoms with Crippen LogP contribution in [-0.2, 0) is 0 Å². The van der Waals surface area contributed by atoms with Crippen LogP contribution in [0.1, 0.15) is 42.7 Å². The van der Waals surface area contributed by atoms with Crippen LogP contribution in [0.25, 0.3) is 11.1 Å². The summed E-state index contributed by atoms with van der Waals surface area (Å²) in [6.07, 6.45) is 1.99. The molecular weight excluding hydrogens is 456 g/mol. The minimum atomic E-state index is -2.22. The van der Waals surface area contributed by atoms with Gasteiger partial charge in [-0.1, -0.05) is 36.4 Å². The van der Waals surface area contributed by atoms with Gasteiger partial charge in [-0.3, -0.25) is 16.8 Å². The molecule has 0 atom stereocenters. The van der Waals surface area contributed by atoms with Gasteiger partial charge in [0.05, 0.1) is 17.8 Å². The normalized spacial score (nSPS) is 19.8. The van der Waals surface area contributed by atoms with E-state index in [2.05, 4.69) is 35.7 Å². The molecule has 2 aromatic rings. The monoisotopic (exact) mass is 496 g/mol. The first-order valence-corrected chi connectivity index (χ1v) is 11.8. The maximum Gasteiger partial charge on any atom is 0.154 e. The van der Waals surface area contributed by atoms with Crippen molar-refractivity contribution in [3.63, 3.8) is 0 Å². The first-order valence-electron chi connectivity index (χ1n) is 11.8. The summed E-state index contributed by atoms with van der Waals surface area (Å²) in [5.41, 5.74) is 58.1. The summed E-state index contributed by atoms with van der Waals surface area (Å²) in [7, 11) is 0. The Balaban J connectivity index is 1.63. The van der Waals surface area contributed by atoms with Crippen LogP contribution in [-0.4, -0.2) is 35.0 Å². The number of hydrogen-bond acceptors (Lipinski definition) is 12. The Morgan fingerprint density at radius 3 is 1.64 bits per heavy atom. The summed E-state index contributed by atoms with van der Waals surface area (Å²) in [5.74, 6) is -1.56. The Bertz CT molecular complexity index is 1060. The van der Waals surface area contributed by atoms with Crippen LogP contribution >= 0.6 is 0 Å². The Hall–Kier alpha value is -2.51. The van der Waals surface area contributed by atoms with Crippen LogP contribution in [0.3, 0.4) is 0 Å². The van der Waals surface area contributed by atoms with Crippen LogP contribution in [0.15, 0.2) is 48.5 Å². The SMILES string of the molecule is N#Cc1ccc(-c2ccc(C3CCC(NC(N)(N)C(N)(N)C(N)(N)C(N)(N)C(N)N)CC3)cc2)cc1. The number of nitrogens with zero attached hydrogens (tertiary/aromatic N) is 1. The van der Waals surface area contributed by atoms with Crippen molar-refractivity contribution < 1.29 is 0 Å². The highest BCUT2D eigenvalue weighted by molar-refractivity contribution is 5.64. The predicted molar refractivity (Wildman–Crippen MR) is 141 cm³/mol. The van der Waals surface area contributed by atoms with Gasteiger partial charge >= 0.3 is 0 Å². The molecule has 1 saturated carbocycles. The van der Waals surface area contributed by atoms with E-state index in [0.717, 1.165) is 36.8 Å². The van der Waals surface area contributed by atoms with Gasteiger partial charge in [-0.2, -0.15) is 5.26 Å². The lowest BCUT2D eigenvalue weighted by Crippen LogP contribution is -3.01. The maximum absolute atomic E-state index is 8.98. The second kappa shape index (κ2) is 10.1. The summed E-state index contributed by atoms with van der Waals surface area (Å²) in [6.45, 7) is 0. The third-order valence-electron chi connectivity index (χ3n) is 7.54. The topological polar surface area (TPSA) is 296 Å². The summed E-state index contributed by atoms with van der Waals surface area (Å²) in [6, 6.07) is 18.0. The maximum atomic E-state index is 8.98. The summed E-state index contributed by atoms with van der Waals surface area (Å²) in [5, 5.41) is 12.1. The fraction of sp³-hybridized carbons (Fsp3) is 0.458. The Kier molecular flexibility index (Phi) is 7.87. The zero-order valence-electron chi connectivity index (χ0n) is 20.4. The molecule has 0 spiro atoms. The van der Waals surface area contributed by atoms with Crippen molar-refractivity contribution in [2.75, 3.05) is 0 Å². The van der Waals surface area contributed by atoms with Crippen LogP contribution in [0.2, 0.25) is 0 Å². The van der Waals surface area contributed by atoms with Gasteiger partial charge in [0.2, 0.25) is 0 Å². The standard InChI is InChI=1S/C24H40N12/c25-13-14-1-3-15(4-2-14)16-5-7-17(8-6-16)18-9-11-19(12-10-18)36-24(34,35)23(32,33)22(30,31)21(28,29)20(26)27/h1-8,18-20,36H,9-12,26-35H2. The molecule has 1 aliphatic rings. The molecule has 2 aromatic carbocycles. The molecule has 0 heterocycles. The van der Waals surface area contributed by atoms with Gasteiger partial charge in [-0.05, 0) is 60.4 Å². The van der Waals surface area contributed by atoms with Crippen LogP contribution < -0.4 is 62.7 Å². The molecule has 0 bridgehead atoms. The van der Waals surface area contributed by atoms with Crippen molar-refractivity contribution in [1.29, 1.82) is 5.26 Å². The third-order valence-corrected chi connectivity index (χ3v) is 7.54. The first-order chi connectivity index (χ1) is 16.6. The van der Waals surface area contributed by atoms with Gasteiger partial charge in [0.25, 0.3) is 0 Å². The number of nitriles is 1. The molecule has 1 fully saturated rings. The molecule has 3 rings (SSSR count). The number of hydrogen-bond donors (Lipinski definition) is 11. The number of benzene rings is 2. The molecule has 0 amide bonds. The number of nitrogens with two attached hydrogens (primary N) is 10. The lowest BCUT2D eigenvalue weighted by atomic mass is 9.77. The average Bonchev–Trinajstić information content (AvgIpc) is 2.84. The summed E-state index contributed by atoms with van der Waals surface area (Å²) < 4.78 is 0. The highest BCUT2D eigenvalue weighted by Crippen LogP contribution is 2.35. The molecule has 0 radical (unpaired) electrons. The minimum absolute atomic E-state index is 0.0899. The van der Waals surface area contributed by atoms with E-state index in [-0.39, 0.29) is 6.04 Å². The molecule has 0 aromatic heterocycles. The molecule has 0 unspecified atom stereocenters. The molecule has 0 aliphatic heterocycles. The van der Waals surface area contributed by atoms with E-state index in [1.165, 1.54) is 5.56 Å². The van der Waals surface area contributed by atoms with E-state index >= 15 is 0 Å². The van der Waals surface area contributed by atoms with Gasteiger partial charge in [0.15, 0.2) is 5.79 Å². The Labute approximate surface area is 211 Å². The third kappa shape index (κ3) is 5.14. The van der Waals surface area contributed by atoms with E-state index in [9.17, 15) is 0 Å². The van der Waals surface area contributed by atoms with Crippen molar-refractivity contribution >= 4 is 0 Å². The average molecular weight is 497 g/mol. The number of rotatable bonds is 8. The molecule has 12 nitrogen and oxygen atoms in total. The van der Waals surface area contributed by atoms with Crippen molar-refractivity contribution in [3.8, 4) is 17.2 Å². The van der Waals surface area contributed by atoms with Crippen molar-refractivity contribution in [2.24, 2.45) is 57.3 Å². The molecule has 36 heavy (non-hydrogen) atoms. The predicted octanol–water partition coefficient (Wildman–Crippen LogP) is -2.50. The Morgan fingerprint density at radius 1 is 0.722 bits per heavy atom. The van der Waals surface area contributed by atoms with E-state index < -0.39 is 28.9 Å². The zero-order chi connectivity index (χ0) is 26.9. The lowest BCUT2D eigenvalue weighted by Gasteiger charge is -2.56. The minimum Gasteiger partial charge on any atom is -0.313 e. The fourth-order valence-electron chi connectivity index (χ4n) is 4.69. The molecule has 1 aliphatic carbocycles. The van der Waals surface area contributed by atoms with Crippen LogP contribution in [0.4, 0.5) is 0 Å². The summed E-state index contributed by atoms with van der Waals surface area (Å²) in [4.78, 5) is 0. The Morgan fingerprint density at radius 2 is 1.19 bits per heavy atom. The van der Waals surface area contributed by atoms with Crippen LogP contribution in [0, 0.1) is 11.3 Å². The van der Waals surface area contributed by atoms with E-state index in [1.807, 2.05) is 24.3 Å². The fourth-order valence-corrected chi connectivity index (χ4v) is 4.69. The van der Waals surface area contributed by atoms with Crippen LogP contribution in [0.5, 0.6) is 0 Å². The molecule has 196 valence electrons. The van der Waals surface area contributed by atoms with Crippen molar-refractivity contribution in [1.82, 2.24) is 5.32 Å². The zero-order valence-corrected chi connectivity index (χ0v) is 20.4. The second-order valence-electron chi connectivity index (χ2n) is 10.1. The largest absolute Gasteiger partial charge is 0.313 e. The van der Waals surface area contributed by atoms with Gasteiger partial charge in [0.1, 0.15) is 17.0 Å². The van der Waals surface area contributed by atoms with Gasteiger partial charge in [-0.15, -0.1) is 0 Å². The second-order valence-corrected chi connectivity index (χ2v) is 10.1. The van der Waals surface area contributed by atoms with E-state index in [4.69, 9.17) is 62.6 Å². The molecule has 21 N–H and O–H groups in total. The van der Waals surface area contributed by atoms with E-state index in [1.54, 1.807) is 0 Å². The summed E-state index contributed by atoms with van der Waals surface area (Å²) >= 11 is 0. The molecule has 0 saturated heterocycles. The molecular formula is C24H40N12. The van der Waals surface area contributed by atoms with Crippen molar-refractivity contribution in [3.05, 3.63) is 59.7 Å². The highest BCUT2D eigenvalue weighted by Gasteiger charge is 2.62. The lowest BCUT2D eigenvalue weighted by molar-refractivity contribution is 0.0205. The first kappa shape index (κ1) is 28.1. The van der Waals surface area contributed by atoms with Gasteiger partial charge < -0.3 is 45.9 Å².